The largest absolute Gasteiger partial charge is 0.309 e. The van der Waals surface area contributed by atoms with Gasteiger partial charge in [-0.1, -0.05) is 109 Å². The van der Waals surface area contributed by atoms with E-state index in [1.165, 1.54) is 91.7 Å². The molecule has 0 saturated heterocycles. The fourth-order valence-corrected chi connectivity index (χ4v) is 9.28. The Labute approximate surface area is 298 Å². The molecule has 2 nitrogen and oxygen atoms in total. The number of thiophene rings is 1. The van der Waals surface area contributed by atoms with Crippen LogP contribution < -0.4 is 0 Å². The number of benzene rings is 8. The molecule has 238 valence electrons. The summed E-state index contributed by atoms with van der Waals surface area (Å²) in [6.45, 7) is 0. The number of fused-ring (bicyclic) bond motifs is 9. The molecular formula is C48H30N2S. The summed E-state index contributed by atoms with van der Waals surface area (Å²) in [6.07, 6.45) is 0. The Morgan fingerprint density at radius 2 is 0.824 bits per heavy atom. The zero-order chi connectivity index (χ0) is 33.5. The normalized spacial score (nSPS) is 11.9. The Hall–Kier alpha value is -6.42. The number of para-hydroxylation sites is 2. The van der Waals surface area contributed by atoms with Crippen molar-refractivity contribution in [1.29, 1.82) is 0 Å². The van der Waals surface area contributed by atoms with Gasteiger partial charge in [0.2, 0.25) is 0 Å². The smallest absolute Gasteiger partial charge is 0.0548 e. The molecule has 0 aliphatic carbocycles. The van der Waals surface area contributed by atoms with Crippen LogP contribution in [0, 0.1) is 0 Å². The second-order valence-corrected chi connectivity index (χ2v) is 14.5. The maximum atomic E-state index is 2.43. The van der Waals surface area contributed by atoms with Gasteiger partial charge < -0.3 is 9.13 Å². The highest BCUT2D eigenvalue weighted by Crippen LogP contribution is 2.42. The van der Waals surface area contributed by atoms with Crippen molar-refractivity contribution in [3.8, 4) is 33.6 Å². The lowest BCUT2D eigenvalue weighted by molar-refractivity contribution is 1.18. The molecule has 0 spiro atoms. The lowest BCUT2D eigenvalue weighted by atomic mass is 10.0. The summed E-state index contributed by atoms with van der Waals surface area (Å²) in [5.41, 5.74) is 12.1. The van der Waals surface area contributed by atoms with Crippen molar-refractivity contribution in [2.75, 3.05) is 0 Å². The molecule has 0 radical (unpaired) electrons. The molecule has 51 heavy (non-hydrogen) atoms. The van der Waals surface area contributed by atoms with E-state index in [1.807, 2.05) is 11.3 Å². The maximum absolute atomic E-state index is 2.43. The lowest BCUT2D eigenvalue weighted by Crippen LogP contribution is -1.94. The molecule has 0 saturated carbocycles. The van der Waals surface area contributed by atoms with Gasteiger partial charge in [-0.25, -0.2) is 0 Å². The van der Waals surface area contributed by atoms with Gasteiger partial charge in [0, 0.05) is 53.1 Å². The summed E-state index contributed by atoms with van der Waals surface area (Å²) in [5.74, 6) is 0. The molecule has 8 aromatic carbocycles. The highest BCUT2D eigenvalue weighted by atomic mass is 32.1. The van der Waals surface area contributed by atoms with Gasteiger partial charge in [-0.3, -0.25) is 0 Å². The molecule has 0 unspecified atom stereocenters. The summed E-state index contributed by atoms with van der Waals surface area (Å²) in [5, 5.41) is 7.71. The first-order chi connectivity index (χ1) is 25.3. The summed E-state index contributed by atoms with van der Waals surface area (Å²) in [4.78, 5) is 0. The predicted molar refractivity (Wildman–Crippen MR) is 219 cm³/mol. The van der Waals surface area contributed by atoms with Gasteiger partial charge in [-0.05, 0) is 95.1 Å². The first-order valence-electron chi connectivity index (χ1n) is 17.4. The van der Waals surface area contributed by atoms with E-state index in [9.17, 15) is 0 Å². The van der Waals surface area contributed by atoms with Gasteiger partial charge >= 0.3 is 0 Å². The van der Waals surface area contributed by atoms with Crippen LogP contribution in [0.2, 0.25) is 0 Å². The van der Waals surface area contributed by atoms with Gasteiger partial charge in [0.15, 0.2) is 0 Å². The van der Waals surface area contributed by atoms with E-state index < -0.39 is 0 Å². The molecule has 3 aromatic heterocycles. The highest BCUT2D eigenvalue weighted by Gasteiger charge is 2.18. The van der Waals surface area contributed by atoms with Gasteiger partial charge in [-0.15, -0.1) is 11.3 Å². The summed E-state index contributed by atoms with van der Waals surface area (Å²) in [7, 11) is 0. The predicted octanol–water partition coefficient (Wildman–Crippen LogP) is 13.6. The first kappa shape index (κ1) is 28.4. The van der Waals surface area contributed by atoms with Crippen LogP contribution in [0.15, 0.2) is 182 Å². The van der Waals surface area contributed by atoms with E-state index >= 15 is 0 Å². The van der Waals surface area contributed by atoms with Crippen LogP contribution in [0.1, 0.15) is 0 Å². The molecule has 0 amide bonds. The van der Waals surface area contributed by atoms with Gasteiger partial charge in [0.05, 0.1) is 22.1 Å². The van der Waals surface area contributed by atoms with E-state index in [1.54, 1.807) is 0 Å². The topological polar surface area (TPSA) is 9.86 Å². The van der Waals surface area contributed by atoms with E-state index in [0.29, 0.717) is 0 Å². The fraction of sp³-hybridized carbons (Fsp3) is 0. The minimum Gasteiger partial charge on any atom is -0.309 e. The van der Waals surface area contributed by atoms with Crippen molar-refractivity contribution in [3.05, 3.63) is 182 Å². The minimum absolute atomic E-state index is 1.16. The van der Waals surface area contributed by atoms with E-state index in [4.69, 9.17) is 0 Å². The monoisotopic (exact) mass is 666 g/mol. The molecule has 0 fully saturated rings. The summed E-state index contributed by atoms with van der Waals surface area (Å²) in [6, 6.07) is 66.7. The van der Waals surface area contributed by atoms with Crippen LogP contribution >= 0.6 is 11.3 Å². The third kappa shape index (κ3) is 4.35. The van der Waals surface area contributed by atoms with Crippen LogP contribution in [-0.2, 0) is 0 Å². The number of hydrogen-bond donors (Lipinski definition) is 0. The quantitative estimate of drug-likeness (QED) is 0.177. The second kappa shape index (κ2) is 11.0. The van der Waals surface area contributed by atoms with Crippen molar-refractivity contribution < 1.29 is 0 Å². The van der Waals surface area contributed by atoms with E-state index in [2.05, 4.69) is 191 Å². The Morgan fingerprint density at radius 1 is 0.275 bits per heavy atom. The molecule has 0 atom stereocenters. The van der Waals surface area contributed by atoms with Crippen LogP contribution in [0.4, 0.5) is 0 Å². The fourth-order valence-electron chi connectivity index (χ4n) is 8.16. The van der Waals surface area contributed by atoms with Gasteiger partial charge in [-0.2, -0.15) is 0 Å². The molecule has 3 heteroatoms. The standard InChI is InChI=1S/C48H30N2S/c1-3-12-31(13-4-1)32-14-11-17-36(26-32)50-43-20-9-7-18-37(43)39-27-33(22-24-44(39)50)34-23-25-45-40(28-34)41-30-48-42(38-19-8-10-21-47(38)51-48)29-46(41)49(45)35-15-5-2-6-16-35/h1-30H. The van der Waals surface area contributed by atoms with Gasteiger partial charge in [0.25, 0.3) is 0 Å². The Balaban J connectivity index is 1.12. The zero-order valence-electron chi connectivity index (χ0n) is 27.6. The van der Waals surface area contributed by atoms with E-state index in [0.717, 1.165) is 5.69 Å². The summed E-state index contributed by atoms with van der Waals surface area (Å²) < 4.78 is 7.50. The summed E-state index contributed by atoms with van der Waals surface area (Å²) >= 11 is 1.88. The van der Waals surface area contributed by atoms with Crippen molar-refractivity contribution in [2.45, 2.75) is 0 Å². The average Bonchev–Trinajstić information content (AvgIpc) is 3.84. The van der Waals surface area contributed by atoms with Crippen LogP contribution in [-0.4, -0.2) is 9.13 Å². The Bertz CT molecular complexity index is 3130. The third-order valence-electron chi connectivity index (χ3n) is 10.5. The average molecular weight is 667 g/mol. The third-order valence-corrected chi connectivity index (χ3v) is 11.6. The van der Waals surface area contributed by atoms with Crippen LogP contribution in [0.25, 0.3) is 97.4 Å². The molecule has 11 rings (SSSR count). The van der Waals surface area contributed by atoms with Crippen LogP contribution in [0.5, 0.6) is 0 Å². The number of rotatable bonds is 4. The minimum atomic E-state index is 1.16. The number of nitrogens with zero attached hydrogens (tertiary/aromatic N) is 2. The zero-order valence-corrected chi connectivity index (χ0v) is 28.4. The first-order valence-corrected chi connectivity index (χ1v) is 18.2. The molecule has 0 bridgehead atoms. The van der Waals surface area contributed by atoms with Gasteiger partial charge in [0.1, 0.15) is 0 Å². The molecule has 0 N–H and O–H groups in total. The molecule has 0 aliphatic rings. The molecular weight excluding hydrogens is 637 g/mol. The number of aromatic nitrogens is 2. The van der Waals surface area contributed by atoms with Crippen molar-refractivity contribution in [2.24, 2.45) is 0 Å². The van der Waals surface area contributed by atoms with Crippen molar-refractivity contribution >= 4 is 75.1 Å². The second-order valence-electron chi connectivity index (χ2n) is 13.4. The lowest BCUT2D eigenvalue weighted by Gasteiger charge is -2.11. The van der Waals surface area contributed by atoms with Crippen molar-refractivity contribution in [3.63, 3.8) is 0 Å². The SMILES string of the molecule is c1ccc(-c2cccc(-n3c4ccccc4c4cc(-c5ccc6c(c5)c5cc7sc8ccccc8c7cc5n6-c5ccccc5)ccc43)c2)cc1. The van der Waals surface area contributed by atoms with Crippen molar-refractivity contribution in [1.82, 2.24) is 9.13 Å². The maximum Gasteiger partial charge on any atom is 0.0548 e. The highest BCUT2D eigenvalue weighted by molar-refractivity contribution is 7.25. The Morgan fingerprint density at radius 3 is 1.61 bits per heavy atom. The number of hydrogen-bond acceptors (Lipinski definition) is 1. The molecule has 0 aliphatic heterocycles. The van der Waals surface area contributed by atoms with Crippen LogP contribution in [0.3, 0.4) is 0 Å². The Kier molecular flexibility index (Phi) is 6.16. The molecule has 3 heterocycles. The molecule has 11 aromatic rings. The van der Waals surface area contributed by atoms with E-state index in [-0.39, 0.29) is 0 Å².